The van der Waals surface area contributed by atoms with Crippen molar-refractivity contribution >= 4 is 40.1 Å². The summed E-state index contributed by atoms with van der Waals surface area (Å²) < 4.78 is 22.4. The molecular weight excluding hydrogens is 352 g/mol. The van der Waals surface area contributed by atoms with Crippen LogP contribution in [0.4, 0.5) is 0 Å². The maximum Gasteiger partial charge on any atom is 0.374 e. The number of hydrogen-bond donors (Lipinski definition) is 0. The van der Waals surface area contributed by atoms with Crippen LogP contribution >= 0.6 is 24.0 Å². The van der Waals surface area contributed by atoms with Crippen molar-refractivity contribution in [1.82, 2.24) is 0 Å². The molecule has 1 heterocycles. The van der Waals surface area contributed by atoms with Crippen LogP contribution in [0.1, 0.15) is 34.1 Å². The average Bonchev–Trinajstić information content (AvgIpc) is 3.08. The molecule has 0 radical (unpaired) electrons. The van der Waals surface area contributed by atoms with Gasteiger partial charge in [0.15, 0.2) is 5.79 Å². The molecule has 0 aromatic carbocycles. The van der Waals surface area contributed by atoms with Crippen LogP contribution in [-0.4, -0.2) is 53.6 Å². The van der Waals surface area contributed by atoms with Crippen LogP contribution < -0.4 is 0 Å². The highest BCUT2D eigenvalue weighted by Gasteiger charge is 2.71. The second kappa shape index (κ2) is 7.68. The second-order valence-electron chi connectivity index (χ2n) is 6.64. The third-order valence-electron chi connectivity index (χ3n) is 3.94. The molecule has 2 aliphatic rings. The van der Waals surface area contributed by atoms with E-state index in [2.05, 4.69) is 0 Å². The first kappa shape index (κ1) is 19.6. The molecule has 0 aromatic heterocycles. The molecule has 1 saturated carbocycles. The number of carbonyl (C=O) groups is 2. The maximum absolute atomic E-state index is 12.0. The minimum atomic E-state index is -0.872. The Balaban J connectivity index is 2.04. The smallest absolute Gasteiger partial charge is 0.374 e. The molecule has 2 atom stereocenters. The van der Waals surface area contributed by atoms with Crippen molar-refractivity contribution in [1.29, 1.82) is 0 Å². The Labute approximate surface area is 151 Å². The van der Waals surface area contributed by atoms with E-state index in [0.29, 0.717) is 24.2 Å². The number of Topliss-reactive ketones (excluding diaryl/α,β-unsaturated/α-hetero) is 1. The number of thioether (sulfide) groups is 1. The zero-order valence-electron chi connectivity index (χ0n) is 14.5. The molecule has 1 saturated heterocycles. The first-order valence-electron chi connectivity index (χ1n) is 8.07. The van der Waals surface area contributed by atoms with Gasteiger partial charge in [-0.25, -0.2) is 4.79 Å². The summed E-state index contributed by atoms with van der Waals surface area (Å²) in [5.41, 5.74) is -0.0841. The average molecular weight is 376 g/mol. The molecule has 0 amide bonds. The molecule has 24 heavy (non-hydrogen) atoms. The minimum absolute atomic E-state index is 0.0195. The molecule has 0 unspecified atom stereocenters. The van der Waals surface area contributed by atoms with Gasteiger partial charge >= 0.3 is 5.97 Å². The summed E-state index contributed by atoms with van der Waals surface area (Å²) in [6.45, 7) is 9.32. The highest BCUT2D eigenvalue weighted by molar-refractivity contribution is 8.23. The molecule has 1 aliphatic heterocycles. The van der Waals surface area contributed by atoms with Crippen LogP contribution in [0.5, 0.6) is 0 Å². The van der Waals surface area contributed by atoms with E-state index in [4.69, 9.17) is 31.2 Å². The fourth-order valence-corrected chi connectivity index (χ4v) is 4.29. The summed E-state index contributed by atoms with van der Waals surface area (Å²) in [4.78, 5) is 23.6. The fourth-order valence-electron chi connectivity index (χ4n) is 2.62. The number of thiocarbonyl (C=S) groups is 1. The largest absolute Gasteiger partial charge is 0.479 e. The molecule has 6 nitrogen and oxygen atoms in total. The SMILES string of the molecule is CCOC(=O)C(=O)C[C@@H]1[C@@H](SC(=S)OCC)C12OCC(C)(C)CO2. The Hall–Kier alpha value is -0.700. The summed E-state index contributed by atoms with van der Waals surface area (Å²) in [6, 6.07) is 0. The van der Waals surface area contributed by atoms with Crippen molar-refractivity contribution in [3.05, 3.63) is 0 Å². The highest BCUT2D eigenvalue weighted by atomic mass is 32.2. The van der Waals surface area contributed by atoms with E-state index in [-0.39, 0.29) is 29.6 Å². The van der Waals surface area contributed by atoms with Crippen LogP contribution in [0.15, 0.2) is 0 Å². The van der Waals surface area contributed by atoms with Gasteiger partial charge in [0.1, 0.15) is 0 Å². The predicted octanol–water partition coefficient (Wildman–Crippen LogP) is 2.33. The summed E-state index contributed by atoms with van der Waals surface area (Å²) in [7, 11) is 0. The van der Waals surface area contributed by atoms with Gasteiger partial charge in [0.2, 0.25) is 10.2 Å². The van der Waals surface area contributed by atoms with Crippen LogP contribution in [0.2, 0.25) is 0 Å². The van der Waals surface area contributed by atoms with Crippen molar-refractivity contribution in [3.63, 3.8) is 0 Å². The third-order valence-corrected chi connectivity index (χ3v) is 5.57. The lowest BCUT2D eigenvalue weighted by atomic mass is 9.95. The van der Waals surface area contributed by atoms with Crippen LogP contribution in [0, 0.1) is 11.3 Å². The van der Waals surface area contributed by atoms with Crippen molar-refractivity contribution < 1.29 is 28.5 Å². The van der Waals surface area contributed by atoms with E-state index in [9.17, 15) is 9.59 Å². The molecule has 136 valence electrons. The standard InChI is InChI=1S/C16H24O6S2/c1-5-19-13(18)11(17)7-10-12(24-14(23)20-6-2)16(10)21-8-15(3,4)9-22-16/h10,12H,5-9H2,1-4H3/t10-,12-/m1/s1. The molecule has 1 aliphatic carbocycles. The van der Waals surface area contributed by atoms with Gasteiger partial charge in [-0.2, -0.15) is 0 Å². The summed E-state index contributed by atoms with van der Waals surface area (Å²) in [6.07, 6.45) is 0.0195. The third kappa shape index (κ3) is 4.28. The minimum Gasteiger partial charge on any atom is -0.479 e. The van der Waals surface area contributed by atoms with Crippen molar-refractivity contribution in [2.24, 2.45) is 11.3 Å². The van der Waals surface area contributed by atoms with Gasteiger partial charge in [0.05, 0.1) is 31.7 Å². The number of carbonyl (C=O) groups excluding carboxylic acids is 2. The highest BCUT2D eigenvalue weighted by Crippen LogP contribution is 2.60. The van der Waals surface area contributed by atoms with Gasteiger partial charge in [-0.05, 0) is 26.1 Å². The number of ketones is 1. The Morgan fingerprint density at radius 3 is 2.29 bits per heavy atom. The Bertz CT molecular complexity index is 509. The number of esters is 1. The predicted molar refractivity (Wildman–Crippen MR) is 93.8 cm³/mol. The van der Waals surface area contributed by atoms with Gasteiger partial charge in [-0.15, -0.1) is 0 Å². The van der Waals surface area contributed by atoms with E-state index < -0.39 is 17.5 Å². The van der Waals surface area contributed by atoms with E-state index >= 15 is 0 Å². The van der Waals surface area contributed by atoms with Gasteiger partial charge in [-0.3, -0.25) is 4.79 Å². The fraction of sp³-hybridized carbons (Fsp3) is 0.812. The lowest BCUT2D eigenvalue weighted by Crippen LogP contribution is -2.41. The van der Waals surface area contributed by atoms with E-state index in [1.807, 2.05) is 20.8 Å². The monoisotopic (exact) mass is 376 g/mol. The number of rotatable bonds is 6. The van der Waals surface area contributed by atoms with Crippen molar-refractivity contribution in [3.8, 4) is 0 Å². The number of ether oxygens (including phenoxy) is 4. The Morgan fingerprint density at radius 2 is 1.75 bits per heavy atom. The quantitative estimate of drug-likeness (QED) is 0.397. The molecule has 0 aromatic rings. The second-order valence-corrected chi connectivity index (χ2v) is 8.38. The molecule has 2 rings (SSSR count). The topological polar surface area (TPSA) is 71.1 Å². The zero-order chi connectivity index (χ0) is 18.0. The molecule has 0 N–H and O–H groups in total. The van der Waals surface area contributed by atoms with Gasteiger partial charge in [0, 0.05) is 17.8 Å². The van der Waals surface area contributed by atoms with Gasteiger partial charge in [-0.1, -0.05) is 25.6 Å². The number of hydrogen-bond acceptors (Lipinski definition) is 8. The van der Waals surface area contributed by atoms with E-state index in [0.717, 1.165) is 0 Å². The Morgan fingerprint density at radius 1 is 1.17 bits per heavy atom. The van der Waals surface area contributed by atoms with Gasteiger partial charge in [0.25, 0.3) is 0 Å². The van der Waals surface area contributed by atoms with Crippen LogP contribution in [-0.2, 0) is 28.5 Å². The van der Waals surface area contributed by atoms with E-state index in [1.54, 1.807) is 6.92 Å². The summed E-state index contributed by atoms with van der Waals surface area (Å²) >= 11 is 6.51. The molecular formula is C16H24O6S2. The van der Waals surface area contributed by atoms with Crippen molar-refractivity contribution in [2.75, 3.05) is 26.4 Å². The zero-order valence-corrected chi connectivity index (χ0v) is 16.1. The lowest BCUT2D eigenvalue weighted by Gasteiger charge is -2.36. The van der Waals surface area contributed by atoms with Crippen molar-refractivity contribution in [2.45, 2.75) is 45.2 Å². The Kier molecular flexibility index (Phi) is 6.28. The summed E-state index contributed by atoms with van der Waals surface area (Å²) in [5.74, 6) is -2.49. The molecule has 1 spiro atoms. The van der Waals surface area contributed by atoms with Gasteiger partial charge < -0.3 is 18.9 Å². The molecule has 2 fully saturated rings. The normalized spacial score (nSPS) is 26.7. The lowest BCUT2D eigenvalue weighted by molar-refractivity contribution is -0.249. The first-order valence-corrected chi connectivity index (χ1v) is 9.36. The molecule has 0 bridgehead atoms. The maximum atomic E-state index is 12.0. The van der Waals surface area contributed by atoms with Crippen LogP contribution in [0.25, 0.3) is 0 Å². The van der Waals surface area contributed by atoms with Crippen LogP contribution in [0.3, 0.4) is 0 Å². The first-order chi connectivity index (χ1) is 11.3. The van der Waals surface area contributed by atoms with E-state index in [1.165, 1.54) is 11.8 Å². The summed E-state index contributed by atoms with van der Waals surface area (Å²) in [5, 5.41) is -0.161. The molecule has 8 heteroatoms.